The number of carbonyl (C=O) groups excluding carboxylic acids is 1. The van der Waals surface area contributed by atoms with Crippen LogP contribution in [0.15, 0.2) is 91.0 Å². The lowest BCUT2D eigenvalue weighted by Gasteiger charge is -2.43. The molecule has 0 aliphatic heterocycles. The van der Waals surface area contributed by atoms with Gasteiger partial charge in [-0.2, -0.15) is 0 Å². The Hall–Kier alpha value is -3.25. The van der Waals surface area contributed by atoms with Gasteiger partial charge in [-0.1, -0.05) is 112 Å². The number of benzene rings is 3. The molecule has 0 fully saturated rings. The van der Waals surface area contributed by atoms with Crippen LogP contribution in [-0.2, 0) is 58.4 Å². The lowest BCUT2D eigenvalue weighted by molar-refractivity contribution is -0.0253. The number of carbonyl (C=O) groups is 1. The molecular formula is C44H67NO12Si. The third kappa shape index (κ3) is 21.1. The molecule has 3 rings (SSSR count). The van der Waals surface area contributed by atoms with Gasteiger partial charge in [0.05, 0.1) is 126 Å². The molecule has 0 atom stereocenters. The van der Waals surface area contributed by atoms with E-state index in [2.05, 4.69) is 86.8 Å². The van der Waals surface area contributed by atoms with Crippen LogP contribution in [0.1, 0.15) is 26.3 Å². The number of hydrogen-bond acceptors (Lipinski definition) is 12. The molecule has 3 aromatic rings. The van der Waals surface area contributed by atoms with Gasteiger partial charge in [0.2, 0.25) is 0 Å². The highest BCUT2D eigenvalue weighted by atomic mass is 28.4. The van der Waals surface area contributed by atoms with Crippen LogP contribution in [-0.4, -0.2) is 146 Å². The maximum atomic E-state index is 11.7. The van der Waals surface area contributed by atoms with Gasteiger partial charge in [-0.15, -0.1) is 0 Å². The number of nitrogens with one attached hydrogen (secondary N) is 1. The predicted octanol–water partition coefficient (Wildman–Crippen LogP) is 4.64. The van der Waals surface area contributed by atoms with Crippen molar-refractivity contribution in [3.8, 4) is 0 Å². The second-order valence-electron chi connectivity index (χ2n) is 14.0. The van der Waals surface area contributed by atoms with E-state index in [9.17, 15) is 4.79 Å². The van der Waals surface area contributed by atoms with Gasteiger partial charge in [-0.05, 0) is 21.0 Å². The first-order valence-electron chi connectivity index (χ1n) is 20.3. The van der Waals surface area contributed by atoms with E-state index in [1.54, 1.807) is 0 Å². The van der Waals surface area contributed by atoms with E-state index in [0.29, 0.717) is 132 Å². The van der Waals surface area contributed by atoms with Gasteiger partial charge in [0.1, 0.15) is 6.61 Å². The Bertz CT molecular complexity index is 1360. The third-order valence-corrected chi connectivity index (χ3v) is 13.7. The fourth-order valence-electron chi connectivity index (χ4n) is 5.88. The van der Waals surface area contributed by atoms with Crippen LogP contribution in [0.4, 0.5) is 4.79 Å². The van der Waals surface area contributed by atoms with Gasteiger partial charge >= 0.3 is 6.09 Å². The summed E-state index contributed by atoms with van der Waals surface area (Å²) in [4.78, 5) is 11.7. The molecule has 0 unspecified atom stereocenters. The number of ether oxygens (including phenoxy) is 10. The van der Waals surface area contributed by atoms with Crippen LogP contribution in [0.3, 0.4) is 0 Å². The molecule has 3 aromatic carbocycles. The second-order valence-corrected chi connectivity index (χ2v) is 18.3. The Morgan fingerprint density at radius 3 is 1.10 bits per heavy atom. The number of alkyl carbamates (subject to hydrolysis) is 1. The predicted molar refractivity (Wildman–Crippen MR) is 226 cm³/mol. The lowest BCUT2D eigenvalue weighted by Crippen LogP contribution is -2.66. The largest absolute Gasteiger partial charge is 0.445 e. The molecular weight excluding hydrogens is 763 g/mol. The topological polar surface area (TPSA) is 131 Å². The van der Waals surface area contributed by atoms with E-state index < -0.39 is 14.4 Å². The molecule has 0 aromatic heterocycles. The SMILES string of the molecule is CC(C)(C)[Si](OCCOCCOCCOCCOCCOCCOCCOCCOCCOCCNC(=O)OCc1ccccc1)(c1ccccc1)c1ccccc1. The molecule has 13 nitrogen and oxygen atoms in total. The fourth-order valence-corrected chi connectivity index (χ4v) is 10.4. The van der Waals surface area contributed by atoms with Crippen LogP contribution in [0.2, 0.25) is 5.04 Å². The van der Waals surface area contributed by atoms with E-state index in [1.165, 1.54) is 10.4 Å². The second kappa shape index (κ2) is 31.6. The molecule has 14 heteroatoms. The zero-order valence-electron chi connectivity index (χ0n) is 34.9. The van der Waals surface area contributed by atoms with Gasteiger partial charge in [-0.25, -0.2) is 4.79 Å². The van der Waals surface area contributed by atoms with Gasteiger partial charge in [0, 0.05) is 6.54 Å². The Labute approximate surface area is 346 Å². The molecule has 0 aliphatic carbocycles. The molecule has 324 valence electrons. The first kappa shape index (κ1) is 49.1. The van der Waals surface area contributed by atoms with Crippen LogP contribution in [0, 0.1) is 0 Å². The minimum absolute atomic E-state index is 0.0618. The maximum absolute atomic E-state index is 11.7. The molecule has 0 spiro atoms. The first-order valence-corrected chi connectivity index (χ1v) is 22.2. The standard InChI is InChI=1S/C44H67NO12Si/c1-44(2,3)58(41-15-9-5-10-16-41,42-17-11-6-12-18-42)57-38-37-55-36-35-54-34-33-53-32-31-52-30-29-51-28-27-50-26-25-49-24-23-48-22-21-47-20-19-45-43(46)56-39-40-13-7-4-8-14-40/h4-18H,19-39H2,1-3H3,(H,45,46). The monoisotopic (exact) mass is 829 g/mol. The number of amides is 1. The van der Waals surface area contributed by atoms with Crippen LogP contribution >= 0.6 is 0 Å². The Balaban J connectivity index is 1.00. The summed E-state index contributed by atoms with van der Waals surface area (Å²) in [5.74, 6) is 0. The van der Waals surface area contributed by atoms with Crippen molar-refractivity contribution in [3.63, 3.8) is 0 Å². The minimum Gasteiger partial charge on any atom is -0.445 e. The van der Waals surface area contributed by atoms with Gasteiger partial charge in [0.15, 0.2) is 0 Å². The van der Waals surface area contributed by atoms with Crippen molar-refractivity contribution in [2.24, 2.45) is 0 Å². The summed E-state index contributed by atoms with van der Waals surface area (Å²) in [5.41, 5.74) is 0.937. The Morgan fingerprint density at radius 1 is 0.448 bits per heavy atom. The van der Waals surface area contributed by atoms with Crippen molar-refractivity contribution in [1.82, 2.24) is 5.32 Å². The highest BCUT2D eigenvalue weighted by Crippen LogP contribution is 2.36. The summed E-state index contributed by atoms with van der Waals surface area (Å²) in [5, 5.41) is 5.11. The van der Waals surface area contributed by atoms with Crippen molar-refractivity contribution in [3.05, 3.63) is 96.6 Å². The van der Waals surface area contributed by atoms with E-state index in [1.807, 2.05) is 30.3 Å². The summed E-state index contributed by atoms with van der Waals surface area (Å²) in [6.07, 6.45) is -0.469. The van der Waals surface area contributed by atoms with Crippen molar-refractivity contribution >= 4 is 24.8 Å². The summed E-state index contributed by atoms with van der Waals surface area (Å²) in [7, 11) is -2.55. The molecule has 0 aliphatic rings. The van der Waals surface area contributed by atoms with E-state index >= 15 is 0 Å². The summed E-state index contributed by atoms with van der Waals surface area (Å²) in [6, 6.07) is 30.8. The average Bonchev–Trinajstić information content (AvgIpc) is 3.24. The van der Waals surface area contributed by atoms with Crippen LogP contribution < -0.4 is 15.7 Å². The summed E-state index contributed by atoms with van der Waals surface area (Å²) in [6.45, 7) is 16.5. The highest BCUT2D eigenvalue weighted by Gasteiger charge is 2.50. The quantitative estimate of drug-likeness (QED) is 0.0656. The van der Waals surface area contributed by atoms with Crippen LogP contribution in [0.25, 0.3) is 0 Å². The van der Waals surface area contributed by atoms with Gasteiger partial charge in [-0.3, -0.25) is 0 Å². The van der Waals surface area contributed by atoms with Gasteiger partial charge in [0.25, 0.3) is 8.32 Å². The smallest absolute Gasteiger partial charge is 0.407 e. The average molecular weight is 830 g/mol. The summed E-state index contributed by atoms with van der Waals surface area (Å²) >= 11 is 0. The van der Waals surface area contributed by atoms with E-state index in [4.69, 9.17) is 51.8 Å². The molecule has 1 N–H and O–H groups in total. The minimum atomic E-state index is -2.55. The lowest BCUT2D eigenvalue weighted by atomic mass is 10.2. The first-order chi connectivity index (χ1) is 28.4. The van der Waals surface area contributed by atoms with Crippen molar-refractivity contribution in [2.75, 3.05) is 132 Å². The number of hydrogen-bond donors (Lipinski definition) is 1. The molecule has 58 heavy (non-hydrogen) atoms. The molecule has 0 saturated heterocycles. The number of rotatable bonds is 35. The molecule has 0 heterocycles. The highest BCUT2D eigenvalue weighted by molar-refractivity contribution is 6.99. The zero-order valence-corrected chi connectivity index (χ0v) is 35.9. The van der Waals surface area contributed by atoms with E-state index in [0.717, 1.165) is 5.56 Å². The van der Waals surface area contributed by atoms with Gasteiger partial charge < -0.3 is 57.1 Å². The van der Waals surface area contributed by atoms with Crippen molar-refractivity contribution in [2.45, 2.75) is 32.4 Å². The normalized spacial score (nSPS) is 11.8. The Kier molecular flexibility index (Phi) is 26.8. The van der Waals surface area contributed by atoms with Crippen molar-refractivity contribution < 1.29 is 56.6 Å². The maximum Gasteiger partial charge on any atom is 0.407 e. The van der Waals surface area contributed by atoms with Crippen molar-refractivity contribution in [1.29, 1.82) is 0 Å². The van der Waals surface area contributed by atoms with E-state index in [-0.39, 0.29) is 11.6 Å². The molecule has 1 amide bonds. The Morgan fingerprint density at radius 2 is 0.759 bits per heavy atom. The molecule has 0 saturated carbocycles. The van der Waals surface area contributed by atoms with Crippen LogP contribution in [0.5, 0.6) is 0 Å². The third-order valence-electron chi connectivity index (χ3n) is 8.67. The molecule has 0 bridgehead atoms. The fraction of sp³-hybridized carbons (Fsp3) is 0.568. The summed E-state index contributed by atoms with van der Waals surface area (Å²) < 4.78 is 62.1. The molecule has 0 radical (unpaired) electrons. The zero-order chi connectivity index (χ0) is 41.3.